The lowest BCUT2D eigenvalue weighted by Gasteiger charge is -2.20. The summed E-state index contributed by atoms with van der Waals surface area (Å²) in [5, 5.41) is 10.2. The van der Waals surface area contributed by atoms with Crippen molar-refractivity contribution in [2.75, 3.05) is 19.6 Å². The summed E-state index contributed by atoms with van der Waals surface area (Å²) in [6, 6.07) is 0. The third-order valence-electron chi connectivity index (χ3n) is 2.67. The van der Waals surface area contributed by atoms with Crippen molar-refractivity contribution >= 4 is 17.8 Å². The second-order valence-corrected chi connectivity index (χ2v) is 4.50. The predicted molar refractivity (Wildman–Crippen MR) is 76.2 cm³/mol. The maximum atomic E-state index is 11.6. The van der Waals surface area contributed by atoms with Gasteiger partial charge >= 0.3 is 0 Å². The Morgan fingerprint density at radius 1 is 1.35 bits per heavy atom. The van der Waals surface area contributed by atoms with E-state index < -0.39 is 5.97 Å². The lowest BCUT2D eigenvalue weighted by Crippen LogP contribution is -2.37. The topological polar surface area (TPSA) is 86.7 Å². The van der Waals surface area contributed by atoms with Crippen molar-refractivity contribution in [1.29, 1.82) is 0 Å². The van der Waals surface area contributed by atoms with E-state index in [4.69, 9.17) is 9.90 Å². The Bertz CT molecular complexity index is 349. The highest BCUT2D eigenvalue weighted by Crippen LogP contribution is 2.10. The number of carboxylic acids is 1. The molecule has 0 spiro atoms. The average Bonchev–Trinajstić information content (AvgIpc) is 2.54. The molecule has 6 nitrogen and oxygen atoms in total. The fourth-order valence-electron chi connectivity index (χ4n) is 1.80. The number of likely N-dealkylation sites (tertiary alicyclic amines) is 1. The molecule has 1 rings (SSSR count). The van der Waals surface area contributed by atoms with Crippen molar-refractivity contribution in [1.82, 2.24) is 10.2 Å². The van der Waals surface area contributed by atoms with Crippen LogP contribution >= 0.6 is 0 Å². The highest BCUT2D eigenvalue weighted by Gasteiger charge is 2.15. The van der Waals surface area contributed by atoms with E-state index in [0.717, 1.165) is 32.7 Å². The minimum atomic E-state index is -0.833. The SMILES string of the molecule is C/C=C\C(=O)NCCN1CCCCCC1=O.CC(=O)O. The van der Waals surface area contributed by atoms with Crippen LogP contribution in [0.4, 0.5) is 0 Å². The maximum absolute atomic E-state index is 11.6. The van der Waals surface area contributed by atoms with E-state index in [1.54, 1.807) is 13.0 Å². The van der Waals surface area contributed by atoms with Crippen molar-refractivity contribution in [2.24, 2.45) is 0 Å². The van der Waals surface area contributed by atoms with Crippen LogP contribution in [0.3, 0.4) is 0 Å². The summed E-state index contributed by atoms with van der Waals surface area (Å²) in [5.41, 5.74) is 0. The molecule has 2 N–H and O–H groups in total. The maximum Gasteiger partial charge on any atom is 0.300 e. The van der Waals surface area contributed by atoms with Crippen LogP contribution in [0.2, 0.25) is 0 Å². The van der Waals surface area contributed by atoms with E-state index >= 15 is 0 Å². The molecule has 1 fully saturated rings. The molecule has 0 aromatic heterocycles. The standard InChI is InChI=1S/C12H20N2O2.C2H4O2/c1-2-6-11(15)13-8-10-14-9-5-3-4-7-12(14)16;1-2(3)4/h2,6H,3-5,7-10H2,1H3,(H,13,15);1H3,(H,3,4)/b6-2-;. The predicted octanol–water partition coefficient (Wildman–Crippen LogP) is 1.17. The molecule has 20 heavy (non-hydrogen) atoms. The van der Waals surface area contributed by atoms with Crippen molar-refractivity contribution in [3.05, 3.63) is 12.2 Å². The van der Waals surface area contributed by atoms with Crippen LogP contribution in [0.25, 0.3) is 0 Å². The molecule has 0 aromatic rings. The second kappa shape index (κ2) is 11.0. The first-order valence-electron chi connectivity index (χ1n) is 6.85. The normalized spacial score (nSPS) is 15.3. The summed E-state index contributed by atoms with van der Waals surface area (Å²) in [6.07, 6.45) is 7.06. The van der Waals surface area contributed by atoms with Gasteiger partial charge in [0.05, 0.1) is 0 Å². The zero-order valence-corrected chi connectivity index (χ0v) is 12.2. The molecule has 1 saturated heterocycles. The lowest BCUT2D eigenvalue weighted by molar-refractivity contribution is -0.134. The lowest BCUT2D eigenvalue weighted by atomic mass is 10.2. The first-order valence-corrected chi connectivity index (χ1v) is 6.85. The average molecular weight is 284 g/mol. The van der Waals surface area contributed by atoms with Crippen molar-refractivity contribution in [3.63, 3.8) is 0 Å². The van der Waals surface area contributed by atoms with Gasteiger partial charge in [-0.3, -0.25) is 14.4 Å². The summed E-state index contributed by atoms with van der Waals surface area (Å²) in [7, 11) is 0. The Hall–Kier alpha value is -1.85. The first-order chi connectivity index (χ1) is 9.47. The zero-order valence-electron chi connectivity index (χ0n) is 12.2. The Morgan fingerprint density at radius 2 is 2.00 bits per heavy atom. The number of carbonyl (C=O) groups excluding carboxylic acids is 2. The van der Waals surface area contributed by atoms with E-state index in [9.17, 15) is 9.59 Å². The number of nitrogens with one attached hydrogen (secondary N) is 1. The molecular weight excluding hydrogens is 260 g/mol. The molecule has 0 aromatic carbocycles. The number of rotatable bonds is 4. The first kappa shape index (κ1) is 18.1. The molecule has 0 unspecified atom stereocenters. The Morgan fingerprint density at radius 3 is 2.60 bits per heavy atom. The van der Waals surface area contributed by atoms with Gasteiger partial charge < -0.3 is 15.3 Å². The van der Waals surface area contributed by atoms with Crippen molar-refractivity contribution in [2.45, 2.75) is 39.5 Å². The third-order valence-corrected chi connectivity index (χ3v) is 2.67. The number of carboxylic acid groups (broad SMARTS) is 1. The third kappa shape index (κ3) is 10.1. The van der Waals surface area contributed by atoms with Crippen LogP contribution in [0.1, 0.15) is 39.5 Å². The van der Waals surface area contributed by atoms with Crippen molar-refractivity contribution in [3.8, 4) is 0 Å². The molecule has 0 saturated carbocycles. The number of aliphatic carboxylic acids is 1. The van der Waals surface area contributed by atoms with Gasteiger partial charge in [0.1, 0.15) is 0 Å². The van der Waals surface area contributed by atoms with Gasteiger partial charge in [-0.1, -0.05) is 12.5 Å². The molecule has 0 atom stereocenters. The molecule has 1 aliphatic heterocycles. The number of nitrogens with zero attached hydrogens (tertiary/aromatic N) is 1. The number of carbonyl (C=O) groups is 3. The minimum Gasteiger partial charge on any atom is -0.481 e. The molecule has 0 radical (unpaired) electrons. The van der Waals surface area contributed by atoms with E-state index in [0.29, 0.717) is 19.5 Å². The largest absolute Gasteiger partial charge is 0.481 e. The van der Waals surface area contributed by atoms with Gasteiger partial charge in [-0.25, -0.2) is 0 Å². The molecular formula is C14H24N2O4. The quantitative estimate of drug-likeness (QED) is 0.759. The molecule has 0 bridgehead atoms. The minimum absolute atomic E-state index is 0.0928. The Labute approximate surface area is 119 Å². The van der Waals surface area contributed by atoms with E-state index in [1.807, 2.05) is 4.90 Å². The van der Waals surface area contributed by atoms with Crippen LogP contribution in [0.15, 0.2) is 12.2 Å². The van der Waals surface area contributed by atoms with Crippen LogP contribution in [0, 0.1) is 0 Å². The zero-order chi connectivity index (χ0) is 15.4. The fraction of sp³-hybridized carbons (Fsp3) is 0.643. The summed E-state index contributed by atoms with van der Waals surface area (Å²) in [6.45, 7) is 4.88. The van der Waals surface area contributed by atoms with Gasteiger partial charge in [-0.15, -0.1) is 0 Å². The number of hydrogen-bond acceptors (Lipinski definition) is 3. The summed E-state index contributed by atoms with van der Waals surface area (Å²) in [5.74, 6) is -0.706. The molecule has 1 aliphatic rings. The van der Waals surface area contributed by atoms with E-state index in [2.05, 4.69) is 5.32 Å². The molecule has 0 aliphatic carbocycles. The Balaban J connectivity index is 0.000000796. The summed E-state index contributed by atoms with van der Waals surface area (Å²) in [4.78, 5) is 33.6. The monoisotopic (exact) mass is 284 g/mol. The van der Waals surface area contributed by atoms with Gasteiger partial charge in [0.2, 0.25) is 11.8 Å². The van der Waals surface area contributed by atoms with Gasteiger partial charge in [-0.2, -0.15) is 0 Å². The summed E-state index contributed by atoms with van der Waals surface area (Å²) < 4.78 is 0. The number of amides is 2. The Kier molecular flexibility index (Phi) is 10.00. The van der Waals surface area contributed by atoms with Gasteiger partial charge in [-0.05, 0) is 25.8 Å². The van der Waals surface area contributed by atoms with Crippen LogP contribution in [-0.4, -0.2) is 47.4 Å². The van der Waals surface area contributed by atoms with Crippen LogP contribution in [-0.2, 0) is 14.4 Å². The number of hydrogen-bond donors (Lipinski definition) is 2. The highest BCUT2D eigenvalue weighted by molar-refractivity contribution is 5.87. The van der Waals surface area contributed by atoms with Gasteiger partial charge in [0.15, 0.2) is 0 Å². The van der Waals surface area contributed by atoms with Gasteiger partial charge in [0, 0.05) is 33.0 Å². The van der Waals surface area contributed by atoms with Gasteiger partial charge in [0.25, 0.3) is 5.97 Å². The molecule has 114 valence electrons. The molecule has 2 amide bonds. The van der Waals surface area contributed by atoms with Crippen LogP contribution in [0.5, 0.6) is 0 Å². The van der Waals surface area contributed by atoms with Crippen LogP contribution < -0.4 is 5.32 Å². The van der Waals surface area contributed by atoms with E-state index in [1.165, 1.54) is 6.08 Å². The molecule has 1 heterocycles. The van der Waals surface area contributed by atoms with E-state index in [-0.39, 0.29) is 11.8 Å². The smallest absolute Gasteiger partial charge is 0.300 e. The molecule has 6 heteroatoms. The fourth-order valence-corrected chi connectivity index (χ4v) is 1.80. The second-order valence-electron chi connectivity index (χ2n) is 4.50. The summed E-state index contributed by atoms with van der Waals surface area (Å²) >= 11 is 0. The van der Waals surface area contributed by atoms with Crippen molar-refractivity contribution < 1.29 is 19.5 Å². The number of allylic oxidation sites excluding steroid dienone is 1. The highest BCUT2D eigenvalue weighted by atomic mass is 16.4.